The van der Waals surface area contributed by atoms with E-state index in [4.69, 9.17) is 0 Å². The Morgan fingerprint density at radius 2 is 2.24 bits per heavy atom. The number of likely N-dealkylation sites (tertiary alicyclic amines) is 1. The number of carbonyl (C=O) groups is 1. The lowest BCUT2D eigenvalue weighted by Crippen LogP contribution is -2.31. The van der Waals surface area contributed by atoms with E-state index in [1.54, 1.807) is 11.0 Å². The second kappa shape index (κ2) is 8.71. The van der Waals surface area contributed by atoms with E-state index in [9.17, 15) is 4.79 Å². The molecule has 25 heavy (non-hydrogen) atoms. The predicted octanol–water partition coefficient (Wildman–Crippen LogP) is 1.40. The quantitative estimate of drug-likeness (QED) is 0.785. The molecule has 134 valence electrons. The minimum atomic E-state index is 0.116. The van der Waals surface area contributed by atoms with Crippen LogP contribution in [0.2, 0.25) is 0 Å². The van der Waals surface area contributed by atoms with Crippen molar-refractivity contribution in [3.05, 3.63) is 41.7 Å². The summed E-state index contributed by atoms with van der Waals surface area (Å²) < 4.78 is 1.65. The van der Waals surface area contributed by atoms with Crippen molar-refractivity contribution in [2.24, 2.45) is 5.92 Å². The van der Waals surface area contributed by atoms with Crippen molar-refractivity contribution >= 4 is 5.91 Å². The maximum absolute atomic E-state index is 12.0. The largest absolute Gasteiger partial charge is 0.356 e. The van der Waals surface area contributed by atoms with Crippen LogP contribution in [0.25, 0.3) is 0 Å². The Kier molecular flexibility index (Phi) is 6.11. The highest BCUT2D eigenvalue weighted by Gasteiger charge is 2.23. The summed E-state index contributed by atoms with van der Waals surface area (Å²) in [4.78, 5) is 14.4. The molecule has 7 nitrogen and oxygen atoms in total. The highest BCUT2D eigenvalue weighted by Crippen LogP contribution is 2.19. The van der Waals surface area contributed by atoms with E-state index in [1.165, 1.54) is 11.1 Å². The maximum atomic E-state index is 12.0. The maximum Gasteiger partial charge on any atom is 0.220 e. The molecule has 3 rings (SSSR count). The molecule has 0 bridgehead atoms. The molecule has 0 spiro atoms. The number of rotatable bonds is 8. The van der Waals surface area contributed by atoms with Crippen LogP contribution in [0, 0.1) is 12.8 Å². The number of hydrogen-bond donors (Lipinski definition) is 1. The Balaban J connectivity index is 1.33. The Hall–Kier alpha value is -2.28. The van der Waals surface area contributed by atoms with Crippen LogP contribution in [0.4, 0.5) is 0 Å². The van der Waals surface area contributed by atoms with Crippen LogP contribution in [0.1, 0.15) is 30.4 Å². The van der Waals surface area contributed by atoms with Crippen molar-refractivity contribution in [2.75, 3.05) is 19.6 Å². The topological polar surface area (TPSA) is 75.9 Å². The zero-order valence-electron chi connectivity index (χ0n) is 14.8. The lowest BCUT2D eigenvalue weighted by molar-refractivity contribution is -0.121. The number of aryl methyl sites for hydroxylation is 2. The van der Waals surface area contributed by atoms with Gasteiger partial charge < -0.3 is 5.32 Å². The van der Waals surface area contributed by atoms with Crippen LogP contribution in [0.5, 0.6) is 0 Å². The van der Waals surface area contributed by atoms with Gasteiger partial charge in [-0.2, -0.15) is 0 Å². The number of benzene rings is 1. The van der Waals surface area contributed by atoms with Gasteiger partial charge in [-0.05, 0) is 53.8 Å². The number of carbonyl (C=O) groups excluding carboxylic acids is 1. The van der Waals surface area contributed by atoms with E-state index in [0.29, 0.717) is 18.9 Å². The third-order valence-electron chi connectivity index (χ3n) is 4.80. The van der Waals surface area contributed by atoms with Gasteiger partial charge in [-0.3, -0.25) is 9.69 Å². The van der Waals surface area contributed by atoms with Crippen LogP contribution < -0.4 is 5.32 Å². The second-order valence-corrected chi connectivity index (χ2v) is 6.80. The summed E-state index contributed by atoms with van der Waals surface area (Å²) in [5, 5.41) is 14.0. The molecular weight excluding hydrogens is 316 g/mol. The molecule has 1 fully saturated rings. The number of hydrogen-bond acceptors (Lipinski definition) is 5. The fourth-order valence-electron chi connectivity index (χ4n) is 3.28. The van der Waals surface area contributed by atoms with Gasteiger partial charge in [0.05, 0.1) is 0 Å². The molecule has 1 aliphatic heterocycles. The van der Waals surface area contributed by atoms with Crippen molar-refractivity contribution in [3.8, 4) is 0 Å². The van der Waals surface area contributed by atoms with Crippen molar-refractivity contribution < 1.29 is 4.79 Å². The Morgan fingerprint density at radius 3 is 3.04 bits per heavy atom. The molecule has 0 saturated carbocycles. The number of nitrogens with one attached hydrogen (secondary N) is 1. The fraction of sp³-hybridized carbons (Fsp3) is 0.556. The van der Waals surface area contributed by atoms with Gasteiger partial charge in [0.25, 0.3) is 0 Å². The minimum Gasteiger partial charge on any atom is -0.356 e. The molecule has 1 saturated heterocycles. The van der Waals surface area contributed by atoms with E-state index >= 15 is 0 Å². The average molecular weight is 342 g/mol. The van der Waals surface area contributed by atoms with Gasteiger partial charge in [0, 0.05) is 32.6 Å². The SMILES string of the molecule is Cc1ccccc1CN1CC[C@@H](CNC(=O)CCCn2cnnn2)C1. The molecule has 1 N–H and O–H groups in total. The van der Waals surface area contributed by atoms with Gasteiger partial charge in [-0.1, -0.05) is 24.3 Å². The van der Waals surface area contributed by atoms with Crippen molar-refractivity contribution in [3.63, 3.8) is 0 Å². The number of aromatic nitrogens is 4. The molecule has 1 aromatic heterocycles. The molecule has 1 aliphatic rings. The molecular formula is C18H26N6O. The smallest absolute Gasteiger partial charge is 0.220 e. The lowest BCUT2D eigenvalue weighted by atomic mass is 10.1. The summed E-state index contributed by atoms with van der Waals surface area (Å²) in [7, 11) is 0. The molecule has 0 unspecified atom stereocenters. The molecule has 1 amide bonds. The number of nitrogens with zero attached hydrogens (tertiary/aromatic N) is 5. The molecule has 2 aromatic rings. The summed E-state index contributed by atoms with van der Waals surface area (Å²) in [6.07, 6.45) is 3.98. The van der Waals surface area contributed by atoms with Gasteiger partial charge in [0.1, 0.15) is 6.33 Å². The van der Waals surface area contributed by atoms with E-state index in [2.05, 4.69) is 56.9 Å². The highest BCUT2D eigenvalue weighted by atomic mass is 16.1. The first-order chi connectivity index (χ1) is 12.2. The minimum absolute atomic E-state index is 0.116. The monoisotopic (exact) mass is 342 g/mol. The highest BCUT2D eigenvalue weighted by molar-refractivity contribution is 5.75. The van der Waals surface area contributed by atoms with Gasteiger partial charge in [-0.15, -0.1) is 5.10 Å². The average Bonchev–Trinajstić information content (AvgIpc) is 3.27. The van der Waals surface area contributed by atoms with E-state index < -0.39 is 0 Å². The number of amides is 1. The molecule has 2 heterocycles. The van der Waals surface area contributed by atoms with Crippen LogP contribution in [0.3, 0.4) is 0 Å². The van der Waals surface area contributed by atoms with Gasteiger partial charge in [0.15, 0.2) is 0 Å². The van der Waals surface area contributed by atoms with E-state index in [0.717, 1.165) is 39.0 Å². The zero-order chi connectivity index (χ0) is 17.5. The second-order valence-electron chi connectivity index (χ2n) is 6.80. The zero-order valence-corrected chi connectivity index (χ0v) is 14.8. The van der Waals surface area contributed by atoms with Crippen molar-refractivity contribution in [1.82, 2.24) is 30.4 Å². The Labute approximate surface area is 148 Å². The summed E-state index contributed by atoms with van der Waals surface area (Å²) in [5.74, 6) is 0.665. The summed E-state index contributed by atoms with van der Waals surface area (Å²) in [6.45, 7) is 6.77. The normalized spacial score (nSPS) is 17.7. The molecule has 7 heteroatoms. The summed E-state index contributed by atoms with van der Waals surface area (Å²) in [5.41, 5.74) is 2.75. The fourth-order valence-corrected chi connectivity index (χ4v) is 3.28. The summed E-state index contributed by atoms with van der Waals surface area (Å²) >= 11 is 0. The van der Waals surface area contributed by atoms with Crippen LogP contribution in [-0.2, 0) is 17.9 Å². The van der Waals surface area contributed by atoms with Crippen LogP contribution in [-0.4, -0.2) is 50.6 Å². The molecule has 1 atom stereocenters. The standard InChI is InChI=1S/C18H26N6O/c1-15-5-2-3-6-17(15)13-23-10-8-16(12-23)11-19-18(25)7-4-9-24-14-20-21-22-24/h2-3,5-6,14,16H,4,7-13H2,1H3,(H,19,25)/t16-/m0/s1. The Morgan fingerprint density at radius 1 is 1.36 bits per heavy atom. The van der Waals surface area contributed by atoms with Crippen molar-refractivity contribution in [1.29, 1.82) is 0 Å². The van der Waals surface area contributed by atoms with Gasteiger partial charge in [0.2, 0.25) is 5.91 Å². The third-order valence-corrected chi connectivity index (χ3v) is 4.80. The van der Waals surface area contributed by atoms with E-state index in [-0.39, 0.29) is 5.91 Å². The van der Waals surface area contributed by atoms with Crippen LogP contribution >= 0.6 is 0 Å². The predicted molar refractivity (Wildman–Crippen MR) is 94.6 cm³/mol. The van der Waals surface area contributed by atoms with Crippen molar-refractivity contribution in [2.45, 2.75) is 39.3 Å². The van der Waals surface area contributed by atoms with Crippen LogP contribution in [0.15, 0.2) is 30.6 Å². The van der Waals surface area contributed by atoms with Gasteiger partial charge in [-0.25, -0.2) is 4.68 Å². The first kappa shape index (κ1) is 17.5. The summed E-state index contributed by atoms with van der Waals surface area (Å²) in [6, 6.07) is 8.56. The molecule has 0 radical (unpaired) electrons. The lowest BCUT2D eigenvalue weighted by Gasteiger charge is -2.17. The Bertz CT molecular complexity index is 672. The first-order valence-electron chi connectivity index (χ1n) is 8.95. The third kappa shape index (κ3) is 5.35. The number of tetrazole rings is 1. The molecule has 1 aromatic carbocycles. The molecule has 0 aliphatic carbocycles. The van der Waals surface area contributed by atoms with E-state index in [1.807, 2.05) is 0 Å². The first-order valence-corrected chi connectivity index (χ1v) is 8.95. The van der Waals surface area contributed by atoms with Gasteiger partial charge >= 0.3 is 0 Å².